The summed E-state index contributed by atoms with van der Waals surface area (Å²) in [5, 5.41) is 15.6. The number of hydrogen-bond donors (Lipinski definition) is 1. The highest BCUT2D eigenvalue weighted by atomic mass is 16.5. The highest BCUT2D eigenvalue weighted by Gasteiger charge is 2.22. The van der Waals surface area contributed by atoms with E-state index < -0.39 is 18.0 Å². The van der Waals surface area contributed by atoms with Crippen LogP contribution in [0.2, 0.25) is 0 Å². The number of carbonyl (C=O) groups is 2. The second-order valence-electron chi connectivity index (χ2n) is 2.57. The van der Waals surface area contributed by atoms with Crippen LogP contribution in [0.1, 0.15) is 23.5 Å². The zero-order valence-corrected chi connectivity index (χ0v) is 7.67. The molecule has 1 unspecified atom stereocenters. The average Bonchev–Trinajstić information content (AvgIpc) is 2.63. The first-order chi connectivity index (χ1) is 6.57. The summed E-state index contributed by atoms with van der Waals surface area (Å²) in [5.41, 5.74) is -0.150. The molecule has 1 N–H and O–H groups in total. The van der Waals surface area contributed by atoms with Gasteiger partial charge in [0.15, 0.2) is 5.69 Å². The van der Waals surface area contributed by atoms with E-state index in [2.05, 4.69) is 15.0 Å². The minimum absolute atomic E-state index is 0.150. The third-order valence-corrected chi connectivity index (χ3v) is 1.70. The molecule has 1 aromatic heterocycles. The molecule has 7 heteroatoms. The number of esters is 1. The lowest BCUT2D eigenvalue weighted by atomic mass is 10.3. The van der Waals surface area contributed by atoms with Crippen LogP contribution in [0.5, 0.6) is 0 Å². The van der Waals surface area contributed by atoms with Crippen molar-refractivity contribution in [3.05, 3.63) is 11.9 Å². The second kappa shape index (κ2) is 3.86. The summed E-state index contributed by atoms with van der Waals surface area (Å²) in [4.78, 5) is 21.7. The van der Waals surface area contributed by atoms with E-state index in [-0.39, 0.29) is 5.69 Å². The van der Waals surface area contributed by atoms with E-state index in [0.29, 0.717) is 0 Å². The third-order valence-electron chi connectivity index (χ3n) is 1.70. The van der Waals surface area contributed by atoms with Crippen molar-refractivity contribution in [1.29, 1.82) is 0 Å². The van der Waals surface area contributed by atoms with Crippen LogP contribution in [0.3, 0.4) is 0 Å². The van der Waals surface area contributed by atoms with Crippen LogP contribution in [0.4, 0.5) is 0 Å². The van der Waals surface area contributed by atoms with E-state index in [9.17, 15) is 9.59 Å². The fourth-order valence-electron chi connectivity index (χ4n) is 0.953. The van der Waals surface area contributed by atoms with Gasteiger partial charge in [-0.2, -0.15) is 0 Å². The molecule has 0 saturated heterocycles. The molecule has 1 rings (SSSR count). The smallest absolute Gasteiger partial charge is 0.355 e. The molecule has 14 heavy (non-hydrogen) atoms. The Morgan fingerprint density at radius 1 is 1.64 bits per heavy atom. The standard InChI is InChI=1S/C7H9N3O4/c1-4(7(13)14-2)10-5(6(11)12)3-8-9-10/h3-4H,1-2H3,(H,11,12). The molecule has 1 heterocycles. The van der Waals surface area contributed by atoms with E-state index in [0.717, 1.165) is 10.9 Å². The lowest BCUT2D eigenvalue weighted by Crippen LogP contribution is -2.22. The number of carbonyl (C=O) groups excluding carboxylic acids is 1. The molecule has 0 fully saturated rings. The summed E-state index contributed by atoms with van der Waals surface area (Å²) in [6, 6.07) is -0.798. The van der Waals surface area contributed by atoms with E-state index in [1.165, 1.54) is 14.0 Å². The largest absolute Gasteiger partial charge is 0.476 e. The number of ether oxygens (including phenoxy) is 1. The van der Waals surface area contributed by atoms with Crippen LogP contribution in [-0.2, 0) is 9.53 Å². The van der Waals surface area contributed by atoms with E-state index in [1.54, 1.807) is 0 Å². The highest BCUT2D eigenvalue weighted by Crippen LogP contribution is 2.08. The number of carboxylic acid groups (broad SMARTS) is 1. The van der Waals surface area contributed by atoms with Gasteiger partial charge in [-0.05, 0) is 6.92 Å². The molecule has 76 valence electrons. The van der Waals surface area contributed by atoms with Crippen molar-refractivity contribution >= 4 is 11.9 Å². The molecular formula is C7H9N3O4. The van der Waals surface area contributed by atoms with Gasteiger partial charge in [-0.25, -0.2) is 14.3 Å². The Morgan fingerprint density at radius 2 is 2.29 bits per heavy atom. The maximum Gasteiger partial charge on any atom is 0.355 e. The molecule has 0 aromatic carbocycles. The van der Waals surface area contributed by atoms with Crippen molar-refractivity contribution in [1.82, 2.24) is 15.0 Å². The van der Waals surface area contributed by atoms with Crippen LogP contribution >= 0.6 is 0 Å². The predicted octanol–water partition coefficient (Wildman–Crippen LogP) is -0.290. The van der Waals surface area contributed by atoms with Gasteiger partial charge >= 0.3 is 11.9 Å². The molecule has 0 saturated carbocycles. The maximum atomic E-state index is 11.1. The van der Waals surface area contributed by atoms with Gasteiger partial charge in [0.1, 0.15) is 6.04 Å². The fraction of sp³-hybridized carbons (Fsp3) is 0.429. The van der Waals surface area contributed by atoms with Crippen LogP contribution in [0.15, 0.2) is 6.20 Å². The van der Waals surface area contributed by atoms with Crippen molar-refractivity contribution in [3.8, 4) is 0 Å². The molecule has 0 aliphatic heterocycles. The number of methoxy groups -OCH3 is 1. The molecule has 1 aromatic rings. The molecule has 0 aliphatic carbocycles. The normalized spacial score (nSPS) is 12.1. The first-order valence-electron chi connectivity index (χ1n) is 3.79. The van der Waals surface area contributed by atoms with Gasteiger partial charge in [0.05, 0.1) is 13.3 Å². The summed E-state index contributed by atoms with van der Waals surface area (Å²) in [7, 11) is 1.22. The van der Waals surface area contributed by atoms with Crippen LogP contribution in [0.25, 0.3) is 0 Å². The molecule has 0 radical (unpaired) electrons. The molecule has 0 bridgehead atoms. The maximum absolute atomic E-state index is 11.1. The average molecular weight is 199 g/mol. The molecular weight excluding hydrogens is 190 g/mol. The fourth-order valence-corrected chi connectivity index (χ4v) is 0.953. The minimum atomic E-state index is -1.19. The monoisotopic (exact) mass is 199 g/mol. The zero-order chi connectivity index (χ0) is 10.7. The Labute approximate surface area is 79.3 Å². The van der Waals surface area contributed by atoms with Gasteiger partial charge < -0.3 is 9.84 Å². The minimum Gasteiger partial charge on any atom is -0.476 e. The molecule has 1 atom stereocenters. The van der Waals surface area contributed by atoms with Crippen molar-refractivity contribution in [3.63, 3.8) is 0 Å². The zero-order valence-electron chi connectivity index (χ0n) is 7.67. The molecule has 0 aliphatic rings. The number of rotatable bonds is 3. The summed E-state index contributed by atoms with van der Waals surface area (Å²) < 4.78 is 5.44. The SMILES string of the molecule is COC(=O)C(C)n1nncc1C(=O)O. The van der Waals surface area contributed by atoms with Crippen molar-refractivity contribution in [2.45, 2.75) is 13.0 Å². The van der Waals surface area contributed by atoms with Gasteiger partial charge in [0.2, 0.25) is 0 Å². The first-order valence-corrected chi connectivity index (χ1v) is 3.79. The molecule has 0 amide bonds. The molecule has 7 nitrogen and oxygen atoms in total. The van der Waals surface area contributed by atoms with Gasteiger partial charge in [-0.15, -0.1) is 5.10 Å². The lowest BCUT2D eigenvalue weighted by Gasteiger charge is -2.09. The number of carboxylic acids is 1. The summed E-state index contributed by atoms with van der Waals surface area (Å²) in [6.45, 7) is 1.48. The topological polar surface area (TPSA) is 94.3 Å². The Bertz CT molecular complexity index is 360. The van der Waals surface area contributed by atoms with Crippen LogP contribution in [0, 0.1) is 0 Å². The summed E-state index contributed by atoms with van der Waals surface area (Å²) in [6.07, 6.45) is 1.07. The predicted molar refractivity (Wildman–Crippen MR) is 43.7 cm³/mol. The lowest BCUT2D eigenvalue weighted by molar-refractivity contribution is -0.144. The highest BCUT2D eigenvalue weighted by molar-refractivity contribution is 5.86. The van der Waals surface area contributed by atoms with Crippen molar-refractivity contribution in [2.75, 3.05) is 7.11 Å². The van der Waals surface area contributed by atoms with E-state index in [1.807, 2.05) is 0 Å². The van der Waals surface area contributed by atoms with Crippen molar-refractivity contribution < 1.29 is 19.4 Å². The Hall–Kier alpha value is -1.92. The quantitative estimate of drug-likeness (QED) is 0.672. The first kappa shape index (κ1) is 10.2. The van der Waals surface area contributed by atoms with Crippen molar-refractivity contribution in [2.24, 2.45) is 0 Å². The number of aromatic nitrogens is 3. The second-order valence-corrected chi connectivity index (χ2v) is 2.57. The number of hydrogen-bond acceptors (Lipinski definition) is 5. The Morgan fingerprint density at radius 3 is 2.79 bits per heavy atom. The van der Waals surface area contributed by atoms with Crippen LogP contribution in [-0.4, -0.2) is 39.1 Å². The van der Waals surface area contributed by atoms with Gasteiger partial charge in [-0.1, -0.05) is 5.21 Å². The molecule has 0 spiro atoms. The van der Waals surface area contributed by atoms with Crippen LogP contribution < -0.4 is 0 Å². The van der Waals surface area contributed by atoms with Gasteiger partial charge in [0, 0.05) is 0 Å². The summed E-state index contributed by atoms with van der Waals surface area (Å²) >= 11 is 0. The van der Waals surface area contributed by atoms with Gasteiger partial charge in [-0.3, -0.25) is 0 Å². The van der Waals surface area contributed by atoms with E-state index >= 15 is 0 Å². The van der Waals surface area contributed by atoms with Gasteiger partial charge in [0.25, 0.3) is 0 Å². The Balaban J connectivity index is 3.00. The van der Waals surface area contributed by atoms with E-state index in [4.69, 9.17) is 5.11 Å². The third kappa shape index (κ3) is 1.70. The number of nitrogens with zero attached hydrogens (tertiary/aromatic N) is 3. The number of aromatic carboxylic acids is 1. The Kier molecular flexibility index (Phi) is 2.80. The summed E-state index contributed by atoms with van der Waals surface area (Å²) in [5.74, 6) is -1.76.